The van der Waals surface area contributed by atoms with Crippen molar-refractivity contribution in [3.63, 3.8) is 0 Å². The van der Waals surface area contributed by atoms with Gasteiger partial charge in [0.15, 0.2) is 0 Å². The van der Waals surface area contributed by atoms with Crippen LogP contribution < -0.4 is 0 Å². The van der Waals surface area contributed by atoms with E-state index in [1.807, 2.05) is 18.4 Å². The van der Waals surface area contributed by atoms with Gasteiger partial charge in [-0.25, -0.2) is 0 Å². The fraction of sp³-hybridized carbons (Fsp3) is 0.500. The molecule has 0 bridgehead atoms. The van der Waals surface area contributed by atoms with Crippen LogP contribution in [0.5, 0.6) is 0 Å². The van der Waals surface area contributed by atoms with Crippen LogP contribution in [0.4, 0.5) is 0 Å². The highest BCUT2D eigenvalue weighted by molar-refractivity contribution is 14.1. The SMILES string of the molecule is CC1CC(C(=O)O)CN(C(=O)c2csc(I)c2)C1. The molecule has 98 valence electrons. The van der Waals surface area contributed by atoms with Crippen molar-refractivity contribution in [2.75, 3.05) is 13.1 Å². The van der Waals surface area contributed by atoms with Gasteiger partial charge in [0.25, 0.3) is 5.91 Å². The largest absolute Gasteiger partial charge is 0.481 e. The lowest BCUT2D eigenvalue weighted by Crippen LogP contribution is -2.45. The number of likely N-dealkylation sites (tertiary alicyclic amines) is 1. The Labute approximate surface area is 123 Å². The Morgan fingerprint density at radius 2 is 2.22 bits per heavy atom. The molecule has 4 nitrogen and oxygen atoms in total. The van der Waals surface area contributed by atoms with Crippen molar-refractivity contribution < 1.29 is 14.7 Å². The first-order chi connectivity index (χ1) is 8.47. The molecule has 0 saturated carbocycles. The number of carboxylic acids is 1. The fourth-order valence-corrected chi connectivity index (χ4v) is 3.62. The van der Waals surface area contributed by atoms with Crippen molar-refractivity contribution in [1.82, 2.24) is 4.90 Å². The van der Waals surface area contributed by atoms with Gasteiger partial charge in [-0.3, -0.25) is 9.59 Å². The van der Waals surface area contributed by atoms with Crippen molar-refractivity contribution >= 4 is 45.8 Å². The van der Waals surface area contributed by atoms with Crippen LogP contribution >= 0.6 is 33.9 Å². The first-order valence-electron chi connectivity index (χ1n) is 5.73. The van der Waals surface area contributed by atoms with Gasteiger partial charge < -0.3 is 10.0 Å². The molecule has 2 heterocycles. The third kappa shape index (κ3) is 3.03. The lowest BCUT2D eigenvalue weighted by molar-refractivity contribution is -0.143. The van der Waals surface area contributed by atoms with Crippen LogP contribution in [-0.2, 0) is 4.79 Å². The molecule has 2 atom stereocenters. The van der Waals surface area contributed by atoms with Gasteiger partial charge in [0.1, 0.15) is 0 Å². The maximum atomic E-state index is 12.3. The van der Waals surface area contributed by atoms with E-state index in [0.717, 1.165) is 2.88 Å². The highest BCUT2D eigenvalue weighted by Gasteiger charge is 2.32. The quantitative estimate of drug-likeness (QED) is 0.804. The summed E-state index contributed by atoms with van der Waals surface area (Å²) in [6.07, 6.45) is 0.653. The normalized spacial score (nSPS) is 24.0. The summed E-state index contributed by atoms with van der Waals surface area (Å²) in [4.78, 5) is 25.0. The zero-order valence-electron chi connectivity index (χ0n) is 9.93. The molecular weight excluding hydrogens is 365 g/mol. The van der Waals surface area contributed by atoms with E-state index in [1.54, 1.807) is 4.90 Å². The molecule has 1 saturated heterocycles. The highest BCUT2D eigenvalue weighted by atomic mass is 127. The molecule has 0 radical (unpaired) electrons. The smallest absolute Gasteiger partial charge is 0.308 e. The van der Waals surface area contributed by atoms with E-state index in [4.69, 9.17) is 5.11 Å². The van der Waals surface area contributed by atoms with Crippen molar-refractivity contribution in [3.8, 4) is 0 Å². The van der Waals surface area contributed by atoms with Gasteiger partial charge in [0.05, 0.1) is 14.4 Å². The molecule has 18 heavy (non-hydrogen) atoms. The molecule has 1 N–H and O–H groups in total. The van der Waals surface area contributed by atoms with Gasteiger partial charge in [-0.1, -0.05) is 6.92 Å². The van der Waals surface area contributed by atoms with Crippen molar-refractivity contribution in [1.29, 1.82) is 0 Å². The molecular formula is C12H14INO3S. The molecule has 1 fully saturated rings. The summed E-state index contributed by atoms with van der Waals surface area (Å²) in [5.74, 6) is -1.05. The lowest BCUT2D eigenvalue weighted by Gasteiger charge is -2.34. The van der Waals surface area contributed by atoms with Gasteiger partial charge in [-0.15, -0.1) is 11.3 Å². The van der Waals surface area contributed by atoms with Gasteiger partial charge in [-0.05, 0) is 41.0 Å². The third-order valence-corrected chi connectivity index (χ3v) is 4.90. The third-order valence-electron chi connectivity index (χ3n) is 3.11. The average molecular weight is 379 g/mol. The molecule has 1 aliphatic rings. The molecule has 1 aliphatic heterocycles. The maximum absolute atomic E-state index is 12.3. The van der Waals surface area contributed by atoms with Crippen LogP contribution in [0.3, 0.4) is 0 Å². The van der Waals surface area contributed by atoms with E-state index in [-0.39, 0.29) is 11.8 Å². The first kappa shape index (κ1) is 13.8. The van der Waals surface area contributed by atoms with Crippen LogP contribution in [0.15, 0.2) is 11.4 Å². The predicted octanol–water partition coefficient (Wildman–Crippen LogP) is 2.54. The second-order valence-electron chi connectivity index (χ2n) is 4.73. The molecule has 0 spiro atoms. The summed E-state index contributed by atoms with van der Waals surface area (Å²) in [6.45, 7) is 2.97. The van der Waals surface area contributed by atoms with Crippen LogP contribution in [0, 0.1) is 14.7 Å². The zero-order valence-corrected chi connectivity index (χ0v) is 12.9. The summed E-state index contributed by atoms with van der Waals surface area (Å²) in [7, 11) is 0. The molecule has 1 aromatic rings. The van der Waals surface area contributed by atoms with Gasteiger partial charge in [-0.2, -0.15) is 0 Å². The summed E-state index contributed by atoms with van der Waals surface area (Å²) >= 11 is 3.70. The van der Waals surface area contributed by atoms with Crippen LogP contribution in [0.2, 0.25) is 0 Å². The van der Waals surface area contributed by atoms with E-state index in [1.165, 1.54) is 11.3 Å². The summed E-state index contributed by atoms with van der Waals surface area (Å²) in [5.41, 5.74) is 0.669. The van der Waals surface area contributed by atoms with Crippen molar-refractivity contribution in [2.24, 2.45) is 11.8 Å². The number of carbonyl (C=O) groups excluding carboxylic acids is 1. The Morgan fingerprint density at radius 3 is 2.78 bits per heavy atom. The minimum atomic E-state index is -0.806. The fourth-order valence-electron chi connectivity index (χ4n) is 2.30. The van der Waals surface area contributed by atoms with Gasteiger partial charge >= 0.3 is 5.97 Å². The number of hydrogen-bond donors (Lipinski definition) is 1. The van der Waals surface area contributed by atoms with Gasteiger partial charge in [0.2, 0.25) is 0 Å². The van der Waals surface area contributed by atoms with E-state index < -0.39 is 11.9 Å². The van der Waals surface area contributed by atoms with Crippen molar-refractivity contribution in [2.45, 2.75) is 13.3 Å². The number of thiophene rings is 1. The number of aliphatic carboxylic acids is 1. The number of hydrogen-bond acceptors (Lipinski definition) is 3. The monoisotopic (exact) mass is 379 g/mol. The Bertz CT molecular complexity index is 474. The zero-order chi connectivity index (χ0) is 13.3. The van der Waals surface area contributed by atoms with E-state index in [9.17, 15) is 9.59 Å². The second kappa shape index (κ2) is 5.56. The summed E-state index contributed by atoms with van der Waals surface area (Å²) in [6, 6.07) is 1.85. The summed E-state index contributed by atoms with van der Waals surface area (Å²) < 4.78 is 1.07. The molecule has 2 rings (SSSR count). The van der Waals surface area contributed by atoms with E-state index >= 15 is 0 Å². The number of rotatable bonds is 2. The molecule has 1 amide bonds. The summed E-state index contributed by atoms with van der Waals surface area (Å²) in [5, 5.41) is 10.9. The van der Waals surface area contributed by atoms with Crippen molar-refractivity contribution in [3.05, 3.63) is 19.9 Å². The molecule has 6 heteroatoms. The standard InChI is InChI=1S/C12H14INO3S/c1-7-2-8(12(16)17)5-14(4-7)11(15)9-3-10(13)18-6-9/h3,6-8H,2,4-5H2,1H3,(H,16,17). The van der Waals surface area contributed by atoms with Gasteiger partial charge in [0, 0.05) is 18.5 Å². The number of carboxylic acid groups (broad SMARTS) is 1. The Hall–Kier alpha value is -0.630. The minimum Gasteiger partial charge on any atom is -0.481 e. The van der Waals surface area contributed by atoms with Crippen LogP contribution in [0.25, 0.3) is 0 Å². The van der Waals surface area contributed by atoms with E-state index in [0.29, 0.717) is 25.1 Å². The Morgan fingerprint density at radius 1 is 1.50 bits per heavy atom. The highest BCUT2D eigenvalue weighted by Crippen LogP contribution is 2.25. The molecule has 1 aromatic heterocycles. The topological polar surface area (TPSA) is 57.6 Å². The van der Waals surface area contributed by atoms with Crippen LogP contribution in [0.1, 0.15) is 23.7 Å². The average Bonchev–Trinajstić information content (AvgIpc) is 2.74. The Balaban J connectivity index is 2.12. The lowest BCUT2D eigenvalue weighted by atomic mass is 9.90. The predicted molar refractivity (Wildman–Crippen MR) is 77.8 cm³/mol. The number of nitrogens with zero attached hydrogens (tertiary/aromatic N) is 1. The first-order valence-corrected chi connectivity index (χ1v) is 7.69. The number of halogens is 1. The molecule has 2 unspecified atom stereocenters. The maximum Gasteiger partial charge on any atom is 0.308 e. The second-order valence-corrected chi connectivity index (χ2v) is 7.53. The molecule has 0 aromatic carbocycles. The van der Waals surface area contributed by atoms with Crippen LogP contribution in [-0.4, -0.2) is 35.0 Å². The number of carbonyl (C=O) groups is 2. The van der Waals surface area contributed by atoms with E-state index in [2.05, 4.69) is 22.6 Å². The Kier molecular flexibility index (Phi) is 4.26. The number of amides is 1. The number of piperidine rings is 1. The minimum absolute atomic E-state index is 0.0491. The molecule has 0 aliphatic carbocycles.